The van der Waals surface area contributed by atoms with Gasteiger partial charge < -0.3 is 15.4 Å². The second-order valence-electron chi connectivity index (χ2n) is 5.90. The fourth-order valence-corrected chi connectivity index (χ4v) is 2.93. The molecule has 1 aromatic heterocycles. The predicted molar refractivity (Wildman–Crippen MR) is 97.5 cm³/mol. The lowest BCUT2D eigenvalue weighted by atomic mass is 10.0. The lowest BCUT2D eigenvalue weighted by molar-refractivity contribution is 0.0934. The van der Waals surface area contributed by atoms with Gasteiger partial charge in [-0.3, -0.25) is 9.59 Å². The van der Waals surface area contributed by atoms with Crippen LogP contribution in [0.25, 0.3) is 10.9 Å². The van der Waals surface area contributed by atoms with Gasteiger partial charge in [-0.1, -0.05) is 48.5 Å². The number of benzene rings is 2. The zero-order chi connectivity index (χ0) is 17.6. The molecule has 128 valence electrons. The summed E-state index contributed by atoms with van der Waals surface area (Å²) < 4.78 is 0. The number of rotatable bonds is 6. The minimum Gasteiger partial charge on any atom is -0.396 e. The van der Waals surface area contributed by atoms with Gasteiger partial charge >= 0.3 is 0 Å². The van der Waals surface area contributed by atoms with E-state index < -0.39 is 0 Å². The number of fused-ring (bicyclic) bond motifs is 1. The molecule has 1 unspecified atom stereocenters. The Morgan fingerprint density at radius 3 is 2.56 bits per heavy atom. The quantitative estimate of drug-likeness (QED) is 0.647. The zero-order valence-electron chi connectivity index (χ0n) is 13.7. The molecule has 0 aliphatic rings. The van der Waals surface area contributed by atoms with E-state index in [-0.39, 0.29) is 24.1 Å². The largest absolute Gasteiger partial charge is 0.396 e. The van der Waals surface area contributed by atoms with Gasteiger partial charge in [0.25, 0.3) is 5.91 Å². The third-order valence-electron chi connectivity index (χ3n) is 4.15. The Kier molecular flexibility index (Phi) is 5.26. The summed E-state index contributed by atoms with van der Waals surface area (Å²) in [6.07, 6.45) is 1.20. The van der Waals surface area contributed by atoms with Crippen molar-refractivity contribution in [3.63, 3.8) is 0 Å². The highest BCUT2D eigenvalue weighted by atomic mass is 16.3. The summed E-state index contributed by atoms with van der Waals surface area (Å²) in [6.45, 7) is 0.0626. The number of carbonyl (C=O) groups excluding carboxylic acids is 1. The van der Waals surface area contributed by atoms with Crippen LogP contribution in [-0.4, -0.2) is 22.6 Å². The van der Waals surface area contributed by atoms with Crippen LogP contribution in [0.3, 0.4) is 0 Å². The molecule has 3 aromatic rings. The second-order valence-corrected chi connectivity index (χ2v) is 5.90. The number of hydrogen-bond acceptors (Lipinski definition) is 3. The van der Waals surface area contributed by atoms with Crippen LogP contribution in [0.15, 0.2) is 65.5 Å². The SMILES string of the molecule is O=C(NC(CCCO)c1ccccc1)c1cc(=O)[nH]c2ccccc12. The summed E-state index contributed by atoms with van der Waals surface area (Å²) in [4.78, 5) is 27.4. The molecule has 1 atom stereocenters. The number of para-hydroxylation sites is 1. The van der Waals surface area contributed by atoms with Crippen LogP contribution < -0.4 is 10.9 Å². The average Bonchev–Trinajstić information content (AvgIpc) is 2.65. The number of aliphatic hydroxyl groups excluding tert-OH is 1. The normalized spacial score (nSPS) is 12.0. The monoisotopic (exact) mass is 336 g/mol. The Morgan fingerprint density at radius 1 is 1.08 bits per heavy atom. The summed E-state index contributed by atoms with van der Waals surface area (Å²) in [7, 11) is 0. The molecule has 0 saturated carbocycles. The van der Waals surface area contributed by atoms with E-state index in [2.05, 4.69) is 10.3 Å². The fourth-order valence-electron chi connectivity index (χ4n) is 2.93. The zero-order valence-corrected chi connectivity index (χ0v) is 13.7. The molecule has 0 fully saturated rings. The second kappa shape index (κ2) is 7.77. The number of aromatic amines is 1. The standard InChI is InChI=1S/C20H20N2O3/c23-12-6-11-17(14-7-2-1-3-8-14)22-20(25)16-13-19(24)21-18-10-5-4-9-15(16)18/h1-5,7-10,13,17,23H,6,11-12H2,(H,21,24)(H,22,25). The van der Waals surface area contributed by atoms with Crippen LogP contribution in [0.1, 0.15) is 34.8 Å². The lowest BCUT2D eigenvalue weighted by Crippen LogP contribution is -2.30. The highest BCUT2D eigenvalue weighted by Gasteiger charge is 2.17. The van der Waals surface area contributed by atoms with Gasteiger partial charge in [0.05, 0.1) is 11.6 Å². The number of H-pyrrole nitrogens is 1. The molecule has 1 heterocycles. The topological polar surface area (TPSA) is 82.2 Å². The Hall–Kier alpha value is -2.92. The Bertz CT molecular complexity index is 919. The molecular formula is C20H20N2O3. The van der Waals surface area contributed by atoms with Crippen LogP contribution in [-0.2, 0) is 0 Å². The smallest absolute Gasteiger partial charge is 0.252 e. The number of aromatic nitrogens is 1. The van der Waals surface area contributed by atoms with Crippen molar-refractivity contribution in [1.29, 1.82) is 0 Å². The lowest BCUT2D eigenvalue weighted by Gasteiger charge is -2.19. The molecule has 0 aliphatic carbocycles. The van der Waals surface area contributed by atoms with Crippen LogP contribution in [0.4, 0.5) is 0 Å². The molecule has 0 spiro atoms. The van der Waals surface area contributed by atoms with Gasteiger partial charge in [-0.05, 0) is 24.5 Å². The van der Waals surface area contributed by atoms with E-state index in [9.17, 15) is 9.59 Å². The van der Waals surface area contributed by atoms with Gasteiger partial charge in [-0.25, -0.2) is 0 Å². The van der Waals surface area contributed by atoms with Gasteiger partial charge in [0.15, 0.2) is 0 Å². The third-order valence-corrected chi connectivity index (χ3v) is 4.15. The molecule has 5 heteroatoms. The van der Waals surface area contributed by atoms with Crippen LogP contribution in [0.5, 0.6) is 0 Å². The predicted octanol–water partition coefficient (Wildman–Crippen LogP) is 2.77. The highest BCUT2D eigenvalue weighted by Crippen LogP contribution is 2.20. The molecule has 0 radical (unpaired) electrons. The van der Waals surface area contributed by atoms with Crippen molar-refractivity contribution in [3.8, 4) is 0 Å². The molecule has 25 heavy (non-hydrogen) atoms. The molecule has 3 rings (SSSR count). The van der Waals surface area contributed by atoms with Crippen molar-refractivity contribution in [2.45, 2.75) is 18.9 Å². The van der Waals surface area contributed by atoms with Crippen LogP contribution >= 0.6 is 0 Å². The summed E-state index contributed by atoms with van der Waals surface area (Å²) in [6, 6.07) is 18.0. The number of pyridine rings is 1. The van der Waals surface area contributed by atoms with Crippen molar-refractivity contribution >= 4 is 16.8 Å². The summed E-state index contributed by atoms with van der Waals surface area (Å²) in [5, 5.41) is 12.8. The van der Waals surface area contributed by atoms with Gasteiger partial charge in [0, 0.05) is 23.6 Å². The first kappa shape index (κ1) is 16.9. The number of carbonyl (C=O) groups is 1. The Morgan fingerprint density at radius 2 is 1.80 bits per heavy atom. The molecule has 1 amide bonds. The van der Waals surface area contributed by atoms with Gasteiger partial charge in [0.2, 0.25) is 5.56 Å². The van der Waals surface area contributed by atoms with Gasteiger partial charge in [-0.2, -0.15) is 0 Å². The fraction of sp³-hybridized carbons (Fsp3) is 0.200. The van der Waals surface area contributed by atoms with Gasteiger partial charge in [0.1, 0.15) is 0 Å². The molecule has 5 nitrogen and oxygen atoms in total. The van der Waals surface area contributed by atoms with Crippen molar-refractivity contribution < 1.29 is 9.90 Å². The van der Waals surface area contributed by atoms with Gasteiger partial charge in [-0.15, -0.1) is 0 Å². The summed E-state index contributed by atoms with van der Waals surface area (Å²) >= 11 is 0. The molecule has 0 bridgehead atoms. The summed E-state index contributed by atoms with van der Waals surface area (Å²) in [5.41, 5.74) is 1.64. The van der Waals surface area contributed by atoms with E-state index in [4.69, 9.17) is 5.11 Å². The van der Waals surface area contributed by atoms with Crippen molar-refractivity contribution in [3.05, 3.63) is 82.1 Å². The first-order valence-corrected chi connectivity index (χ1v) is 8.28. The Labute approximate surface area is 145 Å². The number of amides is 1. The minimum absolute atomic E-state index is 0.0626. The number of aliphatic hydroxyl groups is 1. The molecule has 3 N–H and O–H groups in total. The summed E-state index contributed by atoms with van der Waals surface area (Å²) in [5.74, 6) is -0.297. The van der Waals surface area contributed by atoms with Crippen molar-refractivity contribution in [2.24, 2.45) is 0 Å². The molecular weight excluding hydrogens is 316 g/mol. The van der Waals surface area contributed by atoms with E-state index in [0.29, 0.717) is 29.3 Å². The average molecular weight is 336 g/mol. The first-order chi connectivity index (χ1) is 12.2. The maximum absolute atomic E-state index is 12.8. The van der Waals surface area contributed by atoms with E-state index >= 15 is 0 Å². The van der Waals surface area contributed by atoms with Crippen molar-refractivity contribution in [1.82, 2.24) is 10.3 Å². The first-order valence-electron chi connectivity index (χ1n) is 8.28. The maximum atomic E-state index is 12.8. The van der Waals surface area contributed by atoms with E-state index in [0.717, 1.165) is 5.56 Å². The molecule has 2 aromatic carbocycles. The van der Waals surface area contributed by atoms with Crippen LogP contribution in [0.2, 0.25) is 0 Å². The van der Waals surface area contributed by atoms with Crippen LogP contribution in [0, 0.1) is 0 Å². The minimum atomic E-state index is -0.310. The third kappa shape index (κ3) is 3.95. The molecule has 0 aliphatic heterocycles. The maximum Gasteiger partial charge on any atom is 0.252 e. The number of nitrogens with one attached hydrogen (secondary N) is 2. The number of hydrogen-bond donors (Lipinski definition) is 3. The highest BCUT2D eigenvalue weighted by molar-refractivity contribution is 6.06. The van der Waals surface area contributed by atoms with E-state index in [1.54, 1.807) is 6.07 Å². The van der Waals surface area contributed by atoms with E-state index in [1.165, 1.54) is 6.07 Å². The van der Waals surface area contributed by atoms with E-state index in [1.807, 2.05) is 48.5 Å². The molecule has 0 saturated heterocycles. The Balaban J connectivity index is 1.93. The van der Waals surface area contributed by atoms with Crippen molar-refractivity contribution in [2.75, 3.05) is 6.61 Å².